The summed E-state index contributed by atoms with van der Waals surface area (Å²) in [4.78, 5) is 62.0. The van der Waals surface area contributed by atoms with Gasteiger partial charge in [0.15, 0.2) is 11.9 Å². The van der Waals surface area contributed by atoms with E-state index < -0.39 is 72.0 Å². The molecule has 2 aliphatic rings. The fourth-order valence-electron chi connectivity index (χ4n) is 6.43. The molecule has 1 aromatic heterocycles. The molecule has 0 radical (unpaired) electrons. The Hall–Kier alpha value is -5.33. The molecule has 2 N–H and O–H groups in total. The monoisotopic (exact) mass is 905 g/mol. The van der Waals surface area contributed by atoms with E-state index in [1.807, 2.05) is 6.07 Å². The summed E-state index contributed by atoms with van der Waals surface area (Å²) in [5.41, 5.74) is -1.73. The molecule has 5 rings (SSSR count). The van der Waals surface area contributed by atoms with Crippen molar-refractivity contribution in [2.75, 3.05) is 32.9 Å². The maximum atomic E-state index is 15.8. The second-order valence-corrected chi connectivity index (χ2v) is 16.9. The number of phosphoric acid groups is 1. The van der Waals surface area contributed by atoms with Crippen LogP contribution in [0, 0.1) is 34.7 Å². The van der Waals surface area contributed by atoms with Crippen LogP contribution < -0.4 is 0 Å². The van der Waals surface area contributed by atoms with Crippen molar-refractivity contribution >= 4 is 43.7 Å². The summed E-state index contributed by atoms with van der Waals surface area (Å²) in [5.74, 6) is -4.23. The van der Waals surface area contributed by atoms with E-state index in [9.17, 15) is 27.7 Å². The first kappa shape index (κ1) is 47.7. The third-order valence-corrected chi connectivity index (χ3v) is 11.5. The van der Waals surface area contributed by atoms with Crippen LogP contribution >= 0.6 is 19.6 Å². The van der Waals surface area contributed by atoms with Gasteiger partial charge in [-0.3, -0.25) is 9.32 Å². The standard InChI is InChI=1S/C40H43F3N5O12PS/c1-26(62-32-21-55-38(56-22-32)6-4-3-5-30-8-7-29(19-44)17-34(30)42)40(23-48-25-45-24-46-48,33-10-9-31(41)18-35(33)43)60-39(51)59-27(2)58-37(50)12-11-36(49)47-15-13-28(14-16-47)20-57-61(52,53)54/h3-12,17-18,24-28,32,38H,13-16,20-23H2,1-2H3,(H2,52,53,54)/b5-3+,6-4+,12-11+/t26-,27?,32?,38?,40-/m1/s1. The summed E-state index contributed by atoms with van der Waals surface area (Å²) in [6.07, 6.45) is 7.72. The number of likely N-dealkylation sites (tertiary alicyclic amines) is 1. The summed E-state index contributed by atoms with van der Waals surface area (Å²) in [7, 11) is -4.62. The minimum absolute atomic E-state index is 0.128. The van der Waals surface area contributed by atoms with E-state index >= 15 is 4.39 Å². The van der Waals surface area contributed by atoms with Crippen molar-refractivity contribution in [2.45, 2.75) is 61.9 Å². The number of halogens is 3. The highest BCUT2D eigenvalue weighted by molar-refractivity contribution is 8.00. The van der Waals surface area contributed by atoms with Crippen molar-refractivity contribution in [3.63, 3.8) is 0 Å². The van der Waals surface area contributed by atoms with Crippen LogP contribution in [0.15, 0.2) is 79.4 Å². The van der Waals surface area contributed by atoms with Gasteiger partial charge in [0, 0.05) is 54.6 Å². The van der Waals surface area contributed by atoms with Gasteiger partial charge in [-0.15, -0.1) is 11.8 Å². The van der Waals surface area contributed by atoms with Crippen molar-refractivity contribution in [2.24, 2.45) is 5.92 Å². The first-order valence-electron chi connectivity index (χ1n) is 19.0. The van der Waals surface area contributed by atoms with Crippen molar-refractivity contribution in [1.82, 2.24) is 19.7 Å². The number of nitrogens with zero attached hydrogens (tertiary/aromatic N) is 5. The minimum Gasteiger partial charge on any atom is -0.422 e. The van der Waals surface area contributed by atoms with Gasteiger partial charge < -0.3 is 38.4 Å². The zero-order valence-electron chi connectivity index (χ0n) is 33.3. The number of ether oxygens (including phenoxy) is 5. The highest BCUT2D eigenvalue weighted by Crippen LogP contribution is 2.42. The van der Waals surface area contributed by atoms with E-state index in [0.717, 1.165) is 30.4 Å². The maximum Gasteiger partial charge on any atom is 0.512 e. The number of hydrogen-bond acceptors (Lipinski definition) is 14. The summed E-state index contributed by atoms with van der Waals surface area (Å²) >= 11 is 1.21. The largest absolute Gasteiger partial charge is 0.512 e. The third kappa shape index (κ3) is 14.1. The van der Waals surface area contributed by atoms with Crippen LogP contribution in [0.2, 0.25) is 0 Å². The van der Waals surface area contributed by atoms with Gasteiger partial charge in [-0.25, -0.2) is 37.0 Å². The first-order chi connectivity index (χ1) is 29.5. The van der Waals surface area contributed by atoms with Crippen LogP contribution in [0.4, 0.5) is 18.0 Å². The number of thioether (sulfide) groups is 1. The second-order valence-electron chi connectivity index (χ2n) is 14.0. The van der Waals surface area contributed by atoms with Crippen molar-refractivity contribution in [3.8, 4) is 6.07 Å². The highest BCUT2D eigenvalue weighted by atomic mass is 32.2. The smallest absolute Gasteiger partial charge is 0.422 e. The molecular weight excluding hydrogens is 862 g/mol. The number of carbonyl (C=O) groups is 3. The molecule has 0 bridgehead atoms. The summed E-state index contributed by atoms with van der Waals surface area (Å²) < 4.78 is 89.1. The van der Waals surface area contributed by atoms with Crippen molar-refractivity contribution in [3.05, 3.63) is 114 Å². The number of nitriles is 1. The second kappa shape index (κ2) is 22.2. The van der Waals surface area contributed by atoms with Crippen LogP contribution in [0.25, 0.3) is 6.08 Å². The Morgan fingerprint density at radius 1 is 1.05 bits per heavy atom. The van der Waals surface area contributed by atoms with E-state index in [0.29, 0.717) is 18.9 Å². The number of piperidine rings is 1. The summed E-state index contributed by atoms with van der Waals surface area (Å²) in [6.45, 7) is 3.11. The molecule has 0 aliphatic carbocycles. The van der Waals surface area contributed by atoms with Crippen LogP contribution in [-0.2, 0) is 54.5 Å². The van der Waals surface area contributed by atoms with E-state index in [4.69, 9.17) is 38.7 Å². The van der Waals surface area contributed by atoms with Crippen LogP contribution in [0.5, 0.6) is 0 Å². The molecule has 2 aromatic carbocycles. The molecule has 332 valence electrons. The van der Waals surface area contributed by atoms with Gasteiger partial charge >= 0.3 is 19.9 Å². The SMILES string of the molecule is CC(OC(=O)/C=C/C(=O)N1CCC(COP(=O)(O)O)CC1)OC(=O)O[C@@](Cn1cncn1)(c1ccc(F)cc1F)[C@@H](C)SC1COC(/C=C/C=C/c2ccc(C#N)cc2F)OC1. The van der Waals surface area contributed by atoms with Gasteiger partial charge in [-0.2, -0.15) is 10.4 Å². The molecule has 3 atom stereocenters. The Morgan fingerprint density at radius 2 is 1.79 bits per heavy atom. The average molecular weight is 906 g/mol. The predicted octanol–water partition coefficient (Wildman–Crippen LogP) is 5.54. The van der Waals surface area contributed by atoms with Crippen LogP contribution in [0.3, 0.4) is 0 Å². The Bertz CT molecular complexity index is 2210. The topological polar surface area (TPSA) is 222 Å². The normalized spacial score (nSPS) is 19.5. The molecule has 22 heteroatoms. The lowest BCUT2D eigenvalue weighted by atomic mass is 9.89. The molecule has 2 saturated heterocycles. The Morgan fingerprint density at radius 3 is 2.44 bits per heavy atom. The maximum absolute atomic E-state index is 15.8. The van der Waals surface area contributed by atoms with Gasteiger partial charge in [0.25, 0.3) is 0 Å². The van der Waals surface area contributed by atoms with Crippen LogP contribution in [-0.4, -0.2) is 103 Å². The fourth-order valence-corrected chi connectivity index (χ4v) is 8.19. The number of carbonyl (C=O) groups excluding carboxylic acids is 3. The third-order valence-electron chi connectivity index (χ3n) is 9.56. The number of aromatic nitrogens is 3. The fraction of sp³-hybridized carbons (Fsp3) is 0.400. The minimum atomic E-state index is -4.62. The lowest BCUT2D eigenvalue weighted by molar-refractivity contribution is -0.166. The Kier molecular flexibility index (Phi) is 17.0. The highest BCUT2D eigenvalue weighted by Gasteiger charge is 2.47. The quantitative estimate of drug-likeness (QED) is 0.0558. The van der Waals surface area contributed by atoms with Gasteiger partial charge in [0.2, 0.25) is 12.2 Å². The van der Waals surface area contributed by atoms with E-state index in [-0.39, 0.29) is 62.1 Å². The van der Waals surface area contributed by atoms with Gasteiger partial charge in [-0.1, -0.05) is 24.3 Å². The number of allylic oxidation sites excluding steroid dienone is 2. The number of amides is 1. The first-order valence-corrected chi connectivity index (χ1v) is 21.5. The number of phosphoric ester groups is 1. The average Bonchev–Trinajstić information content (AvgIpc) is 3.74. The molecule has 2 aliphatic heterocycles. The lowest BCUT2D eigenvalue weighted by Gasteiger charge is -2.40. The summed E-state index contributed by atoms with van der Waals surface area (Å²) in [5, 5.41) is 11.8. The molecule has 1 unspecified atom stereocenters. The zero-order valence-corrected chi connectivity index (χ0v) is 35.0. The predicted molar refractivity (Wildman–Crippen MR) is 213 cm³/mol. The molecular formula is C40H43F3N5O12PS. The zero-order chi connectivity index (χ0) is 44.9. The number of hydrogen-bond donors (Lipinski definition) is 2. The Labute approximate surface area is 358 Å². The molecule has 3 heterocycles. The van der Waals surface area contributed by atoms with Crippen molar-refractivity contribution < 1.29 is 70.1 Å². The molecule has 1 amide bonds. The van der Waals surface area contributed by atoms with Crippen LogP contribution in [0.1, 0.15) is 43.4 Å². The lowest BCUT2D eigenvalue weighted by Crippen LogP contribution is -2.47. The molecule has 2 fully saturated rings. The number of benzene rings is 2. The van der Waals surface area contributed by atoms with Crippen molar-refractivity contribution in [1.29, 1.82) is 5.26 Å². The number of esters is 1. The molecule has 0 saturated carbocycles. The van der Waals surface area contributed by atoms with Gasteiger partial charge in [0.1, 0.15) is 30.1 Å². The molecule has 17 nitrogen and oxygen atoms in total. The summed E-state index contributed by atoms with van der Waals surface area (Å²) in [6, 6.07) is 8.74. The Balaban J connectivity index is 1.21. The molecule has 62 heavy (non-hydrogen) atoms. The van der Waals surface area contributed by atoms with E-state index in [2.05, 4.69) is 14.6 Å². The van der Waals surface area contributed by atoms with E-state index in [1.54, 1.807) is 25.2 Å². The van der Waals surface area contributed by atoms with Gasteiger partial charge in [-0.05, 0) is 56.0 Å². The van der Waals surface area contributed by atoms with E-state index in [1.165, 1.54) is 59.1 Å². The molecule has 3 aromatic rings. The number of rotatable bonds is 17. The molecule has 0 spiro atoms. The van der Waals surface area contributed by atoms with Gasteiger partial charge in [0.05, 0.1) is 43.2 Å².